The first-order chi connectivity index (χ1) is 12.8. The van der Waals surface area contributed by atoms with E-state index in [4.69, 9.17) is 14.2 Å². The molecule has 3 rings (SSSR count). The first-order valence-electron chi connectivity index (χ1n) is 8.81. The summed E-state index contributed by atoms with van der Waals surface area (Å²) in [4.78, 5) is 24.4. The Morgan fingerprint density at radius 2 is 1.74 bits per heavy atom. The van der Waals surface area contributed by atoms with E-state index < -0.39 is 5.41 Å². The second-order valence-electron chi connectivity index (χ2n) is 7.24. The number of hydrogen-bond donors (Lipinski definition) is 0. The Morgan fingerprint density at radius 3 is 2.37 bits per heavy atom. The molecule has 0 aromatic heterocycles. The third-order valence-electron chi connectivity index (χ3n) is 3.95. The van der Waals surface area contributed by atoms with E-state index >= 15 is 0 Å². The number of benzene rings is 2. The lowest BCUT2D eigenvalue weighted by atomic mass is 9.97. The normalized spacial score (nSPS) is 14.7. The molecular formula is C22H22O5. The average Bonchev–Trinajstić information content (AvgIpc) is 2.91. The van der Waals surface area contributed by atoms with Crippen molar-refractivity contribution in [2.24, 2.45) is 5.41 Å². The number of allylic oxidation sites excluding steroid dienone is 1. The van der Waals surface area contributed by atoms with Gasteiger partial charge in [-0.25, -0.2) is 0 Å². The molecule has 2 aromatic carbocycles. The number of carbonyl (C=O) groups is 2. The fourth-order valence-corrected chi connectivity index (χ4v) is 2.47. The van der Waals surface area contributed by atoms with Crippen LogP contribution in [0, 0.1) is 5.41 Å². The van der Waals surface area contributed by atoms with Crippen LogP contribution in [0.4, 0.5) is 0 Å². The van der Waals surface area contributed by atoms with Gasteiger partial charge in [-0.15, -0.1) is 0 Å². The van der Waals surface area contributed by atoms with Crippen LogP contribution in [0.25, 0.3) is 6.08 Å². The maximum Gasteiger partial charge on any atom is 0.316 e. The van der Waals surface area contributed by atoms with Crippen molar-refractivity contribution in [2.75, 3.05) is 6.61 Å². The van der Waals surface area contributed by atoms with Crippen LogP contribution in [0.15, 0.2) is 48.2 Å². The molecule has 2 aromatic rings. The molecule has 1 heterocycles. The molecule has 0 aliphatic carbocycles. The largest absolute Gasteiger partial charge is 0.494 e. The lowest BCUT2D eigenvalue weighted by Crippen LogP contribution is -2.25. The third kappa shape index (κ3) is 4.19. The van der Waals surface area contributed by atoms with Gasteiger partial charge in [-0.3, -0.25) is 9.59 Å². The monoisotopic (exact) mass is 366 g/mol. The first-order valence-corrected chi connectivity index (χ1v) is 8.81. The quantitative estimate of drug-likeness (QED) is 0.448. The minimum Gasteiger partial charge on any atom is -0.494 e. The highest BCUT2D eigenvalue weighted by Gasteiger charge is 2.28. The van der Waals surface area contributed by atoms with Gasteiger partial charge in [0.05, 0.1) is 17.6 Å². The Kier molecular flexibility index (Phi) is 5.04. The van der Waals surface area contributed by atoms with Gasteiger partial charge < -0.3 is 14.2 Å². The molecule has 140 valence electrons. The average molecular weight is 366 g/mol. The molecular weight excluding hydrogens is 344 g/mol. The predicted octanol–water partition coefficient (Wildman–Crippen LogP) is 4.65. The van der Waals surface area contributed by atoms with Crippen molar-refractivity contribution in [2.45, 2.75) is 27.7 Å². The van der Waals surface area contributed by atoms with E-state index in [9.17, 15) is 9.59 Å². The van der Waals surface area contributed by atoms with Gasteiger partial charge in [-0.2, -0.15) is 0 Å². The van der Waals surface area contributed by atoms with E-state index in [-0.39, 0.29) is 17.5 Å². The third-order valence-corrected chi connectivity index (χ3v) is 3.95. The van der Waals surface area contributed by atoms with Gasteiger partial charge >= 0.3 is 5.97 Å². The van der Waals surface area contributed by atoms with E-state index in [1.807, 2.05) is 6.92 Å². The summed E-state index contributed by atoms with van der Waals surface area (Å²) in [6.45, 7) is 7.83. The van der Waals surface area contributed by atoms with Gasteiger partial charge in [0.15, 0.2) is 5.76 Å². The van der Waals surface area contributed by atoms with E-state index in [0.29, 0.717) is 29.4 Å². The number of carbonyl (C=O) groups excluding carboxylic acids is 2. The number of esters is 1. The van der Waals surface area contributed by atoms with Crippen molar-refractivity contribution < 1.29 is 23.8 Å². The Labute approximate surface area is 158 Å². The van der Waals surface area contributed by atoms with Crippen LogP contribution in [0.2, 0.25) is 0 Å². The Morgan fingerprint density at radius 1 is 1.07 bits per heavy atom. The second-order valence-corrected chi connectivity index (χ2v) is 7.24. The number of Topliss-reactive ketones (excluding diaryl/α,β-unsaturated/α-hetero) is 1. The smallest absolute Gasteiger partial charge is 0.316 e. The van der Waals surface area contributed by atoms with Gasteiger partial charge in [-0.05, 0) is 63.6 Å². The lowest BCUT2D eigenvalue weighted by Gasteiger charge is -2.16. The molecule has 0 N–H and O–H groups in total. The van der Waals surface area contributed by atoms with Crippen LogP contribution in [-0.2, 0) is 4.79 Å². The van der Waals surface area contributed by atoms with Crippen molar-refractivity contribution >= 4 is 17.8 Å². The molecule has 0 atom stereocenters. The van der Waals surface area contributed by atoms with Crippen molar-refractivity contribution in [3.05, 3.63) is 59.4 Å². The van der Waals surface area contributed by atoms with Crippen LogP contribution in [0.5, 0.6) is 17.2 Å². The summed E-state index contributed by atoms with van der Waals surface area (Å²) in [5, 5.41) is 0. The van der Waals surface area contributed by atoms with Crippen molar-refractivity contribution in [1.29, 1.82) is 0 Å². The van der Waals surface area contributed by atoms with Crippen LogP contribution >= 0.6 is 0 Å². The molecule has 5 heteroatoms. The molecule has 0 unspecified atom stereocenters. The molecule has 0 saturated heterocycles. The maximum atomic E-state index is 12.5. The summed E-state index contributed by atoms with van der Waals surface area (Å²) in [7, 11) is 0. The van der Waals surface area contributed by atoms with Crippen molar-refractivity contribution in [3.8, 4) is 17.2 Å². The lowest BCUT2D eigenvalue weighted by molar-refractivity contribution is -0.143. The summed E-state index contributed by atoms with van der Waals surface area (Å²) >= 11 is 0. The standard InChI is InChI=1S/C22H22O5/c1-5-25-16-10-11-17-18(13-16)27-19(20(17)23)12-14-6-8-15(9-7-14)26-21(24)22(2,3)4/h6-13H,5H2,1-4H3/b19-12-. The van der Waals surface area contributed by atoms with Crippen LogP contribution < -0.4 is 14.2 Å². The van der Waals surface area contributed by atoms with Gasteiger partial charge in [0, 0.05) is 6.07 Å². The zero-order valence-corrected chi connectivity index (χ0v) is 15.9. The highest BCUT2D eigenvalue weighted by molar-refractivity contribution is 6.14. The van der Waals surface area contributed by atoms with Crippen molar-refractivity contribution in [1.82, 2.24) is 0 Å². The minimum atomic E-state index is -0.573. The Bertz CT molecular complexity index is 901. The van der Waals surface area contributed by atoms with Gasteiger partial charge in [-0.1, -0.05) is 12.1 Å². The van der Waals surface area contributed by atoms with Gasteiger partial charge in [0.25, 0.3) is 0 Å². The summed E-state index contributed by atoms with van der Waals surface area (Å²) < 4.78 is 16.5. The molecule has 0 saturated carbocycles. The molecule has 1 aliphatic rings. The topological polar surface area (TPSA) is 61.8 Å². The van der Waals surface area contributed by atoms with Crippen LogP contribution in [0.3, 0.4) is 0 Å². The number of ketones is 1. The van der Waals surface area contributed by atoms with Crippen LogP contribution in [-0.4, -0.2) is 18.4 Å². The SMILES string of the molecule is CCOc1ccc2c(c1)O/C(=C\c1ccc(OC(=O)C(C)(C)C)cc1)C2=O. The van der Waals surface area contributed by atoms with Crippen LogP contribution in [0.1, 0.15) is 43.6 Å². The molecule has 1 aliphatic heterocycles. The van der Waals surface area contributed by atoms with E-state index in [0.717, 1.165) is 5.56 Å². The summed E-state index contributed by atoms with van der Waals surface area (Å²) in [6.07, 6.45) is 1.66. The molecule has 0 fully saturated rings. The Hall–Kier alpha value is -3.08. The van der Waals surface area contributed by atoms with E-state index in [2.05, 4.69) is 0 Å². The van der Waals surface area contributed by atoms with Gasteiger partial charge in [0.1, 0.15) is 17.2 Å². The zero-order chi connectivity index (χ0) is 19.6. The van der Waals surface area contributed by atoms with E-state index in [1.165, 1.54) is 0 Å². The molecule has 5 nitrogen and oxygen atoms in total. The molecule has 0 radical (unpaired) electrons. The van der Waals surface area contributed by atoms with Crippen molar-refractivity contribution in [3.63, 3.8) is 0 Å². The molecule has 0 bridgehead atoms. The minimum absolute atomic E-state index is 0.170. The highest BCUT2D eigenvalue weighted by Crippen LogP contribution is 2.35. The van der Waals surface area contributed by atoms with Gasteiger partial charge in [0.2, 0.25) is 5.78 Å². The Balaban J connectivity index is 1.75. The second kappa shape index (κ2) is 7.27. The summed E-state index contributed by atoms with van der Waals surface area (Å²) in [5.74, 6) is 1.39. The summed E-state index contributed by atoms with van der Waals surface area (Å²) in [5.41, 5.74) is 0.712. The zero-order valence-electron chi connectivity index (χ0n) is 15.9. The molecule has 27 heavy (non-hydrogen) atoms. The fraction of sp³-hybridized carbons (Fsp3) is 0.273. The highest BCUT2D eigenvalue weighted by atomic mass is 16.5. The number of hydrogen-bond acceptors (Lipinski definition) is 5. The number of fused-ring (bicyclic) bond motifs is 1. The van der Waals surface area contributed by atoms with E-state index in [1.54, 1.807) is 69.3 Å². The molecule has 0 amide bonds. The molecule has 0 spiro atoms. The number of ether oxygens (including phenoxy) is 3. The number of rotatable bonds is 4. The first kappa shape index (κ1) is 18.7. The summed E-state index contributed by atoms with van der Waals surface area (Å²) in [6, 6.07) is 12.1. The maximum absolute atomic E-state index is 12.5. The predicted molar refractivity (Wildman–Crippen MR) is 102 cm³/mol. The fourth-order valence-electron chi connectivity index (χ4n) is 2.47.